The van der Waals surface area contributed by atoms with Crippen molar-refractivity contribution in [2.45, 2.75) is 13.3 Å². The van der Waals surface area contributed by atoms with E-state index < -0.39 is 0 Å². The quantitative estimate of drug-likeness (QED) is 0.473. The summed E-state index contributed by atoms with van der Waals surface area (Å²) in [5.41, 5.74) is 0. The number of hydrogen-bond donors (Lipinski definition) is 0. The van der Waals surface area contributed by atoms with Gasteiger partial charge < -0.3 is 0 Å². The van der Waals surface area contributed by atoms with Crippen LogP contribution >= 0.6 is 0 Å². The van der Waals surface area contributed by atoms with Crippen molar-refractivity contribution in [3.63, 3.8) is 0 Å². The van der Waals surface area contributed by atoms with Crippen molar-refractivity contribution < 1.29 is 0 Å². The Bertz CT molecular complexity index is 102. The fourth-order valence-corrected chi connectivity index (χ4v) is 1.87. The molecular weight excluding hydrogens is 116 g/mol. The second kappa shape index (κ2) is 2.98. The lowest BCUT2D eigenvalue weighted by Gasteiger charge is -1.94. The fraction of sp³-hybridized carbons (Fsp3) is 0.429. The minimum absolute atomic E-state index is 0.487. The molecule has 0 aromatic carbocycles. The molecule has 0 bridgehead atoms. The van der Waals surface area contributed by atoms with E-state index in [2.05, 4.69) is 29.9 Å². The predicted octanol–water partition coefficient (Wildman–Crippen LogP) is 2.06. The van der Waals surface area contributed by atoms with Gasteiger partial charge in [-0.15, -0.1) is 0 Å². The SMILES string of the molecule is CC[S+]1C=CCC=C1. The monoisotopic (exact) mass is 127 g/mol. The first-order valence-corrected chi connectivity index (χ1v) is 4.47. The number of allylic oxidation sites excluding steroid dienone is 2. The summed E-state index contributed by atoms with van der Waals surface area (Å²) < 4.78 is 0. The van der Waals surface area contributed by atoms with E-state index in [0.29, 0.717) is 10.9 Å². The smallest absolute Gasteiger partial charge is 0.0325 e. The zero-order valence-electron chi connectivity index (χ0n) is 5.13. The van der Waals surface area contributed by atoms with Crippen LogP contribution in [0.4, 0.5) is 0 Å². The zero-order valence-corrected chi connectivity index (χ0v) is 5.95. The van der Waals surface area contributed by atoms with Crippen LogP contribution in [0.2, 0.25) is 0 Å². The van der Waals surface area contributed by atoms with E-state index in [1.54, 1.807) is 0 Å². The first-order chi connectivity index (χ1) is 3.93. The van der Waals surface area contributed by atoms with Gasteiger partial charge in [0.25, 0.3) is 0 Å². The van der Waals surface area contributed by atoms with Gasteiger partial charge in [-0.25, -0.2) is 0 Å². The first-order valence-electron chi connectivity index (χ1n) is 2.95. The van der Waals surface area contributed by atoms with Crippen LogP contribution in [0.5, 0.6) is 0 Å². The van der Waals surface area contributed by atoms with Crippen molar-refractivity contribution in [3.05, 3.63) is 23.0 Å². The molecule has 0 nitrogen and oxygen atoms in total. The third-order valence-electron chi connectivity index (χ3n) is 1.15. The molecule has 0 atom stereocenters. The largest absolute Gasteiger partial charge is 0.120 e. The summed E-state index contributed by atoms with van der Waals surface area (Å²) in [6, 6.07) is 0. The maximum Gasteiger partial charge on any atom is 0.120 e. The lowest BCUT2D eigenvalue weighted by atomic mass is 10.4. The summed E-state index contributed by atoms with van der Waals surface area (Å²) in [5.74, 6) is 1.27. The number of hydrogen-bond acceptors (Lipinski definition) is 0. The summed E-state index contributed by atoms with van der Waals surface area (Å²) in [7, 11) is 0.487. The van der Waals surface area contributed by atoms with Gasteiger partial charge in [-0.05, 0) is 25.5 Å². The van der Waals surface area contributed by atoms with E-state index in [1.807, 2.05) is 0 Å². The average Bonchev–Trinajstić information content (AvgIpc) is 1.90. The highest BCUT2D eigenvalue weighted by molar-refractivity contribution is 8.02. The molecule has 1 aliphatic rings. The van der Waals surface area contributed by atoms with E-state index in [-0.39, 0.29) is 0 Å². The van der Waals surface area contributed by atoms with Gasteiger partial charge in [0, 0.05) is 10.9 Å². The Hall–Kier alpha value is -0.170. The van der Waals surface area contributed by atoms with Crippen LogP contribution in [0, 0.1) is 0 Å². The second-order valence-corrected chi connectivity index (χ2v) is 3.80. The molecule has 8 heavy (non-hydrogen) atoms. The van der Waals surface area contributed by atoms with Crippen LogP contribution in [0.3, 0.4) is 0 Å². The Morgan fingerprint density at radius 2 is 2.00 bits per heavy atom. The fourth-order valence-electron chi connectivity index (χ4n) is 0.675. The Morgan fingerprint density at radius 3 is 2.38 bits per heavy atom. The van der Waals surface area contributed by atoms with Crippen molar-refractivity contribution >= 4 is 10.9 Å². The highest BCUT2D eigenvalue weighted by Crippen LogP contribution is 2.07. The van der Waals surface area contributed by atoms with Crippen LogP contribution in [0.1, 0.15) is 13.3 Å². The lowest BCUT2D eigenvalue weighted by molar-refractivity contribution is 1.40. The molecule has 0 spiro atoms. The Balaban J connectivity index is 2.42. The lowest BCUT2D eigenvalue weighted by Crippen LogP contribution is -1.96. The van der Waals surface area contributed by atoms with Crippen LogP contribution in [-0.2, 0) is 10.9 Å². The Labute approximate surface area is 53.6 Å². The second-order valence-electron chi connectivity index (χ2n) is 1.74. The molecule has 44 valence electrons. The Morgan fingerprint density at radius 1 is 1.38 bits per heavy atom. The number of rotatable bonds is 1. The normalized spacial score (nSPS) is 19.6. The molecular formula is C7H11S+. The van der Waals surface area contributed by atoms with Gasteiger partial charge in [0.1, 0.15) is 16.6 Å². The highest BCUT2D eigenvalue weighted by Gasteiger charge is 2.07. The van der Waals surface area contributed by atoms with Crippen molar-refractivity contribution in [1.29, 1.82) is 0 Å². The summed E-state index contributed by atoms with van der Waals surface area (Å²) >= 11 is 0. The molecule has 1 heteroatoms. The molecule has 1 heterocycles. The van der Waals surface area contributed by atoms with E-state index in [9.17, 15) is 0 Å². The van der Waals surface area contributed by atoms with Crippen molar-refractivity contribution in [2.24, 2.45) is 0 Å². The third kappa shape index (κ3) is 1.41. The summed E-state index contributed by atoms with van der Waals surface area (Å²) in [4.78, 5) is 0. The highest BCUT2D eigenvalue weighted by atomic mass is 32.2. The van der Waals surface area contributed by atoms with Gasteiger partial charge in [0.05, 0.1) is 0 Å². The average molecular weight is 127 g/mol. The van der Waals surface area contributed by atoms with Crippen molar-refractivity contribution in [3.8, 4) is 0 Å². The zero-order chi connectivity index (χ0) is 5.82. The van der Waals surface area contributed by atoms with Gasteiger partial charge in [-0.3, -0.25) is 0 Å². The molecule has 0 N–H and O–H groups in total. The molecule has 0 saturated heterocycles. The Kier molecular flexibility index (Phi) is 2.22. The predicted molar refractivity (Wildman–Crippen MR) is 40.8 cm³/mol. The molecule has 0 aromatic heterocycles. The van der Waals surface area contributed by atoms with Gasteiger partial charge in [-0.1, -0.05) is 0 Å². The van der Waals surface area contributed by atoms with E-state index in [0.717, 1.165) is 6.42 Å². The van der Waals surface area contributed by atoms with E-state index >= 15 is 0 Å². The van der Waals surface area contributed by atoms with E-state index in [4.69, 9.17) is 0 Å². The van der Waals surface area contributed by atoms with Crippen LogP contribution in [-0.4, -0.2) is 5.75 Å². The first kappa shape index (κ1) is 5.96. The minimum Gasteiger partial charge on any atom is -0.0325 e. The standard InChI is InChI=1S/C7H11S/c1-2-8-6-4-3-5-7-8/h4-7H,2-3H2,1H3/q+1. The topological polar surface area (TPSA) is 0 Å². The molecule has 1 rings (SSSR count). The van der Waals surface area contributed by atoms with Gasteiger partial charge in [-0.2, -0.15) is 0 Å². The van der Waals surface area contributed by atoms with Gasteiger partial charge >= 0.3 is 0 Å². The molecule has 0 radical (unpaired) electrons. The molecule has 0 fully saturated rings. The van der Waals surface area contributed by atoms with Crippen LogP contribution in [0.25, 0.3) is 0 Å². The molecule has 0 aromatic rings. The summed E-state index contributed by atoms with van der Waals surface area (Å²) in [6.07, 6.45) is 5.63. The van der Waals surface area contributed by atoms with Crippen molar-refractivity contribution in [1.82, 2.24) is 0 Å². The molecule has 0 aliphatic carbocycles. The third-order valence-corrected chi connectivity index (χ3v) is 2.90. The minimum atomic E-state index is 0.487. The van der Waals surface area contributed by atoms with Crippen molar-refractivity contribution in [2.75, 3.05) is 5.75 Å². The van der Waals surface area contributed by atoms with Gasteiger partial charge in [0.2, 0.25) is 0 Å². The van der Waals surface area contributed by atoms with Crippen LogP contribution < -0.4 is 0 Å². The summed E-state index contributed by atoms with van der Waals surface area (Å²) in [6.45, 7) is 2.23. The maximum atomic E-state index is 2.31. The molecule has 0 unspecified atom stereocenters. The maximum absolute atomic E-state index is 2.31. The van der Waals surface area contributed by atoms with E-state index in [1.165, 1.54) is 5.75 Å². The molecule has 0 amide bonds. The van der Waals surface area contributed by atoms with Crippen LogP contribution in [0.15, 0.2) is 23.0 Å². The molecule has 0 saturated carbocycles. The molecule has 1 aliphatic heterocycles. The summed E-state index contributed by atoms with van der Waals surface area (Å²) in [5, 5.41) is 4.61. The van der Waals surface area contributed by atoms with Gasteiger partial charge in [0.15, 0.2) is 0 Å².